The molecular formula is CH2KLiO3. The predicted octanol–water partition coefficient (Wildman–Crippen LogP) is -6.99. The van der Waals surface area contributed by atoms with E-state index in [-0.39, 0.29) is 71.7 Å². The zero-order valence-electron chi connectivity index (χ0n) is 4.76. The van der Waals surface area contributed by atoms with Gasteiger partial charge in [-0.1, -0.05) is 0 Å². The Morgan fingerprint density at radius 3 is 1.83 bits per heavy atom. The fourth-order valence-electron chi connectivity index (χ4n) is 0. The maximum absolute atomic E-state index is 8.44. The first-order valence-electron chi connectivity index (χ1n) is 0.632. The second-order valence-corrected chi connectivity index (χ2v) is 0.266. The molecule has 0 atom stereocenters. The molecule has 1 N–H and O–H groups in total. The average molecular weight is 108 g/mol. The Morgan fingerprint density at radius 1 is 1.83 bits per heavy atom. The predicted molar refractivity (Wildman–Crippen MR) is 9.14 cm³/mol. The Morgan fingerprint density at radius 2 is 1.83 bits per heavy atom. The van der Waals surface area contributed by atoms with Crippen molar-refractivity contribution >= 4 is 6.16 Å². The average Bonchev–Trinajstić information content (AvgIpc) is 0.811. The Bertz CT molecular complexity index is 37.9. The smallest absolute Gasteiger partial charge is 1.00 e. The summed E-state index contributed by atoms with van der Waals surface area (Å²) in [6, 6.07) is 0. The van der Waals surface area contributed by atoms with Gasteiger partial charge in [0.15, 0.2) is 0 Å². The summed E-state index contributed by atoms with van der Waals surface area (Å²) in [4.78, 5) is 8.44. The molecule has 0 saturated heterocycles. The molecule has 0 aliphatic rings. The van der Waals surface area contributed by atoms with E-state index in [9.17, 15) is 0 Å². The quantitative estimate of drug-likeness (QED) is 0.314. The molecule has 0 aromatic carbocycles. The third kappa shape index (κ3) is 49.4. The molecule has 0 aromatic rings. The Labute approximate surface area is 91.2 Å². The summed E-state index contributed by atoms with van der Waals surface area (Å²) in [6.45, 7) is 0. The van der Waals surface area contributed by atoms with Crippen LogP contribution in [0, 0.1) is 0 Å². The summed E-state index contributed by atoms with van der Waals surface area (Å²) in [5.41, 5.74) is 0. The van der Waals surface area contributed by atoms with Crippen molar-refractivity contribution in [3.63, 3.8) is 0 Å². The van der Waals surface area contributed by atoms with Crippen LogP contribution in [-0.4, -0.2) is 11.3 Å². The van der Waals surface area contributed by atoms with E-state index >= 15 is 0 Å². The minimum Gasteiger partial charge on any atom is -1.00 e. The van der Waals surface area contributed by atoms with E-state index in [1.165, 1.54) is 0 Å². The summed E-state index contributed by atoms with van der Waals surface area (Å²) in [6.07, 6.45) is -2.08. The van der Waals surface area contributed by atoms with Crippen LogP contribution in [0.3, 0.4) is 0 Å². The van der Waals surface area contributed by atoms with Crippen molar-refractivity contribution in [3.8, 4) is 0 Å². The maximum atomic E-state index is 8.44. The topological polar surface area (TPSA) is 60.4 Å². The van der Waals surface area contributed by atoms with Crippen LogP contribution >= 0.6 is 0 Å². The van der Waals surface area contributed by atoms with Crippen molar-refractivity contribution in [1.29, 1.82) is 0 Å². The Kier molecular flexibility index (Phi) is 25.3. The SMILES string of the molecule is O=C([O-])O.[H-].[K+].[Li+]. The molecule has 0 unspecified atom stereocenters. The first-order valence-corrected chi connectivity index (χ1v) is 0.632. The van der Waals surface area contributed by atoms with Crippen molar-refractivity contribution in [2.24, 2.45) is 0 Å². The van der Waals surface area contributed by atoms with Crippen molar-refractivity contribution in [2.75, 3.05) is 0 Å². The van der Waals surface area contributed by atoms with Crippen LogP contribution in [0.25, 0.3) is 0 Å². The molecular weight excluding hydrogens is 106 g/mol. The molecule has 0 aliphatic carbocycles. The van der Waals surface area contributed by atoms with Gasteiger partial charge in [-0.15, -0.1) is 0 Å². The van der Waals surface area contributed by atoms with Gasteiger partial charge >= 0.3 is 70.2 Å². The van der Waals surface area contributed by atoms with Gasteiger partial charge in [0.1, 0.15) is 0 Å². The number of rotatable bonds is 0. The van der Waals surface area contributed by atoms with Crippen LogP contribution in [0.5, 0.6) is 0 Å². The van der Waals surface area contributed by atoms with Gasteiger partial charge in [-0.25, -0.2) is 0 Å². The fraction of sp³-hybridized carbons (Fsp3) is 0. The zero-order valence-corrected chi connectivity index (χ0v) is 6.89. The van der Waals surface area contributed by atoms with Crippen molar-refractivity contribution in [1.82, 2.24) is 0 Å². The van der Waals surface area contributed by atoms with Crippen LogP contribution in [-0.2, 0) is 0 Å². The number of carboxylic acid groups (broad SMARTS) is 2. The molecule has 0 heterocycles. The van der Waals surface area contributed by atoms with Gasteiger partial charge in [0.25, 0.3) is 0 Å². The number of hydrogen-bond acceptors (Lipinski definition) is 2. The molecule has 0 radical (unpaired) electrons. The summed E-state index contributed by atoms with van der Waals surface area (Å²) in [5, 5.41) is 15.3. The van der Waals surface area contributed by atoms with Crippen molar-refractivity contribution in [3.05, 3.63) is 0 Å². The van der Waals surface area contributed by atoms with Crippen molar-refractivity contribution in [2.45, 2.75) is 0 Å². The third-order valence-electron chi connectivity index (χ3n) is 0. The molecule has 5 heteroatoms. The molecule has 6 heavy (non-hydrogen) atoms. The van der Waals surface area contributed by atoms with Crippen LogP contribution in [0.4, 0.5) is 4.79 Å². The monoisotopic (exact) mass is 108 g/mol. The molecule has 0 amide bonds. The van der Waals surface area contributed by atoms with Gasteiger partial charge in [0.2, 0.25) is 6.16 Å². The number of carbonyl (C=O) groups is 1. The van der Waals surface area contributed by atoms with Crippen LogP contribution in [0.2, 0.25) is 0 Å². The van der Waals surface area contributed by atoms with Crippen LogP contribution < -0.4 is 75.4 Å². The third-order valence-corrected chi connectivity index (χ3v) is 0. The normalized spacial score (nSPS) is 4.00. The van der Waals surface area contributed by atoms with E-state index in [0.29, 0.717) is 0 Å². The standard InChI is InChI=1S/CH2O3.K.Li.H/c2-1(3)4;;;/h(H2,2,3,4);;;/q;2*+1;-1/p-1. The molecule has 0 bridgehead atoms. The van der Waals surface area contributed by atoms with Gasteiger partial charge in [0, 0.05) is 0 Å². The zero-order chi connectivity index (χ0) is 3.58. The minimum absolute atomic E-state index is 0. The second-order valence-electron chi connectivity index (χ2n) is 0.266. The van der Waals surface area contributed by atoms with Crippen LogP contribution in [0.1, 0.15) is 1.43 Å². The van der Waals surface area contributed by atoms with E-state index < -0.39 is 6.16 Å². The molecule has 0 aromatic heterocycles. The fourth-order valence-corrected chi connectivity index (χ4v) is 0. The largest absolute Gasteiger partial charge is 1.00 e. The van der Waals surface area contributed by atoms with Crippen LogP contribution in [0.15, 0.2) is 0 Å². The molecule has 26 valence electrons. The molecule has 0 saturated carbocycles. The summed E-state index contributed by atoms with van der Waals surface area (Å²) in [5.74, 6) is 0. The second kappa shape index (κ2) is 9.71. The van der Waals surface area contributed by atoms with E-state index in [0.717, 1.165) is 0 Å². The Balaban J connectivity index is -0.0000000150. The summed E-state index contributed by atoms with van der Waals surface area (Å²) >= 11 is 0. The van der Waals surface area contributed by atoms with E-state index in [4.69, 9.17) is 15.0 Å². The Hall–Kier alpha value is 1.50. The van der Waals surface area contributed by atoms with E-state index in [1.807, 2.05) is 0 Å². The van der Waals surface area contributed by atoms with E-state index in [1.54, 1.807) is 0 Å². The summed E-state index contributed by atoms with van der Waals surface area (Å²) in [7, 11) is 0. The van der Waals surface area contributed by atoms with Gasteiger partial charge in [-0.3, -0.25) is 0 Å². The van der Waals surface area contributed by atoms with E-state index in [2.05, 4.69) is 0 Å². The molecule has 0 aliphatic heterocycles. The number of hydrogen-bond donors (Lipinski definition) is 1. The first kappa shape index (κ1) is 15.6. The van der Waals surface area contributed by atoms with Gasteiger partial charge in [-0.2, -0.15) is 0 Å². The van der Waals surface area contributed by atoms with Gasteiger partial charge in [-0.05, 0) is 0 Å². The van der Waals surface area contributed by atoms with Crippen molar-refractivity contribution < 1.29 is 86.7 Å². The molecule has 3 nitrogen and oxygen atoms in total. The first-order chi connectivity index (χ1) is 1.73. The van der Waals surface area contributed by atoms with Gasteiger partial charge < -0.3 is 16.4 Å². The maximum Gasteiger partial charge on any atom is 1.00 e. The molecule has 0 spiro atoms. The molecule has 0 rings (SSSR count). The summed E-state index contributed by atoms with van der Waals surface area (Å²) < 4.78 is 0. The molecule has 0 fully saturated rings. The minimum atomic E-state index is -2.08. The van der Waals surface area contributed by atoms with Gasteiger partial charge in [0.05, 0.1) is 0 Å².